The molecule has 0 aliphatic carbocycles. The van der Waals surface area contributed by atoms with E-state index in [-0.39, 0.29) is 11.9 Å². The second-order valence-corrected chi connectivity index (χ2v) is 9.18. The average molecular weight is 495 g/mol. The van der Waals surface area contributed by atoms with Crippen LogP contribution >= 0.6 is 0 Å². The molecule has 3 aromatic rings. The molecule has 37 heavy (non-hydrogen) atoms. The van der Waals surface area contributed by atoms with Crippen molar-refractivity contribution in [1.29, 1.82) is 5.26 Å². The van der Waals surface area contributed by atoms with Gasteiger partial charge in [0.15, 0.2) is 6.19 Å². The number of nitriles is 1. The lowest BCUT2D eigenvalue weighted by molar-refractivity contribution is -0.122. The number of rotatable bonds is 10. The molecule has 7 heteroatoms. The van der Waals surface area contributed by atoms with Gasteiger partial charge in [-0.1, -0.05) is 72.8 Å². The lowest BCUT2D eigenvalue weighted by Gasteiger charge is -2.17. The molecule has 0 radical (unpaired) electrons. The molecule has 1 unspecified atom stereocenters. The Labute approximate surface area is 219 Å². The fourth-order valence-electron chi connectivity index (χ4n) is 4.49. The summed E-state index contributed by atoms with van der Waals surface area (Å²) in [4.78, 5) is 20.2. The number of guanidine groups is 1. The molecule has 1 saturated heterocycles. The first kappa shape index (κ1) is 25.9. The molecule has 0 saturated carbocycles. The quantitative estimate of drug-likeness (QED) is 0.128. The molecule has 0 bridgehead atoms. The Morgan fingerprint density at radius 1 is 0.919 bits per heavy atom. The fourth-order valence-corrected chi connectivity index (χ4v) is 4.49. The summed E-state index contributed by atoms with van der Waals surface area (Å²) in [6.07, 6.45) is 5.80. The van der Waals surface area contributed by atoms with Gasteiger partial charge < -0.3 is 15.5 Å². The van der Waals surface area contributed by atoms with Crippen LogP contribution in [-0.4, -0.2) is 49.0 Å². The smallest absolute Gasteiger partial charge is 0.245 e. The van der Waals surface area contributed by atoms with Gasteiger partial charge >= 0.3 is 0 Å². The van der Waals surface area contributed by atoms with Crippen molar-refractivity contribution < 1.29 is 4.79 Å². The van der Waals surface area contributed by atoms with E-state index in [1.165, 1.54) is 12.8 Å². The highest BCUT2D eigenvalue weighted by molar-refractivity contribution is 5.97. The highest BCUT2D eigenvalue weighted by Crippen LogP contribution is 2.21. The van der Waals surface area contributed by atoms with E-state index in [0.717, 1.165) is 48.4 Å². The van der Waals surface area contributed by atoms with Crippen LogP contribution in [0.25, 0.3) is 11.1 Å². The van der Waals surface area contributed by atoms with Crippen LogP contribution in [0.5, 0.6) is 0 Å². The molecule has 1 fully saturated rings. The summed E-state index contributed by atoms with van der Waals surface area (Å²) < 4.78 is 0. The summed E-state index contributed by atoms with van der Waals surface area (Å²) in [5.74, 6) is 0.0897. The minimum Gasteiger partial charge on any atom is -0.354 e. The number of amides is 1. The maximum absolute atomic E-state index is 13.2. The molecule has 0 spiro atoms. The number of aliphatic imine (C=N–C) groups is 1. The Morgan fingerprint density at radius 2 is 1.57 bits per heavy atom. The van der Waals surface area contributed by atoms with E-state index in [1.807, 2.05) is 79.0 Å². The number of likely N-dealkylation sites (tertiary alicyclic amines) is 1. The zero-order valence-corrected chi connectivity index (χ0v) is 21.1. The van der Waals surface area contributed by atoms with Gasteiger partial charge in [-0.05, 0) is 67.7 Å². The molecule has 1 aliphatic rings. The summed E-state index contributed by atoms with van der Waals surface area (Å²) >= 11 is 0. The van der Waals surface area contributed by atoms with Gasteiger partial charge in [0, 0.05) is 18.7 Å². The maximum atomic E-state index is 13.2. The van der Waals surface area contributed by atoms with Gasteiger partial charge in [-0.25, -0.2) is 4.99 Å². The first-order chi connectivity index (χ1) is 18.2. The van der Waals surface area contributed by atoms with Crippen molar-refractivity contribution in [2.45, 2.75) is 31.7 Å². The zero-order chi connectivity index (χ0) is 25.7. The van der Waals surface area contributed by atoms with Gasteiger partial charge in [0.1, 0.15) is 6.04 Å². The molecule has 190 valence electrons. The first-order valence-corrected chi connectivity index (χ1v) is 12.9. The second kappa shape index (κ2) is 13.8. The SMILES string of the molecule is N#CNC(=NC(Cc1ccccc1)C(=O)NCCCN1CCCC1)Nc1ccc(-c2ccccc2)cc1. The monoisotopic (exact) mass is 494 g/mol. The van der Waals surface area contributed by atoms with E-state index < -0.39 is 6.04 Å². The van der Waals surface area contributed by atoms with Gasteiger partial charge in [-0.3, -0.25) is 10.1 Å². The molecule has 3 aromatic carbocycles. The molecule has 7 nitrogen and oxygen atoms in total. The summed E-state index contributed by atoms with van der Waals surface area (Å²) in [5.41, 5.74) is 3.99. The molecular formula is C30H34N6O. The van der Waals surface area contributed by atoms with Gasteiger partial charge in [0.25, 0.3) is 0 Å². The van der Waals surface area contributed by atoms with Crippen molar-refractivity contribution in [3.8, 4) is 17.3 Å². The van der Waals surface area contributed by atoms with Crippen molar-refractivity contribution >= 4 is 17.6 Å². The summed E-state index contributed by atoms with van der Waals surface area (Å²) in [7, 11) is 0. The van der Waals surface area contributed by atoms with Crippen molar-refractivity contribution in [3.63, 3.8) is 0 Å². The Balaban J connectivity index is 1.44. The van der Waals surface area contributed by atoms with Crippen LogP contribution in [0.4, 0.5) is 5.69 Å². The number of nitrogens with one attached hydrogen (secondary N) is 3. The number of anilines is 1. The molecule has 1 aliphatic heterocycles. The van der Waals surface area contributed by atoms with E-state index in [0.29, 0.717) is 13.0 Å². The minimum atomic E-state index is -0.680. The number of carbonyl (C=O) groups excluding carboxylic acids is 1. The Kier molecular flexibility index (Phi) is 9.68. The van der Waals surface area contributed by atoms with Crippen LogP contribution in [-0.2, 0) is 11.2 Å². The Hall–Kier alpha value is -4.15. The number of benzene rings is 3. The molecule has 1 atom stereocenters. The van der Waals surface area contributed by atoms with Crippen molar-refractivity contribution in [2.24, 2.45) is 4.99 Å². The van der Waals surface area contributed by atoms with Crippen molar-refractivity contribution in [2.75, 3.05) is 31.5 Å². The number of nitrogens with zero attached hydrogens (tertiary/aromatic N) is 3. The third kappa shape index (κ3) is 8.19. The van der Waals surface area contributed by atoms with E-state index in [4.69, 9.17) is 0 Å². The minimum absolute atomic E-state index is 0.149. The van der Waals surface area contributed by atoms with E-state index in [9.17, 15) is 10.1 Å². The maximum Gasteiger partial charge on any atom is 0.245 e. The topological polar surface area (TPSA) is 92.5 Å². The van der Waals surface area contributed by atoms with Crippen molar-refractivity contribution in [3.05, 3.63) is 90.5 Å². The largest absolute Gasteiger partial charge is 0.354 e. The van der Waals surface area contributed by atoms with Gasteiger partial charge in [-0.15, -0.1) is 0 Å². The normalized spacial score (nSPS) is 14.5. The molecule has 1 amide bonds. The summed E-state index contributed by atoms with van der Waals surface area (Å²) in [6, 6.07) is 27.1. The van der Waals surface area contributed by atoms with Gasteiger partial charge in [0.05, 0.1) is 0 Å². The number of hydrogen-bond donors (Lipinski definition) is 3. The Morgan fingerprint density at radius 3 is 2.24 bits per heavy atom. The van der Waals surface area contributed by atoms with Crippen LogP contribution in [0.2, 0.25) is 0 Å². The predicted molar refractivity (Wildman–Crippen MR) is 149 cm³/mol. The number of hydrogen-bond acceptors (Lipinski definition) is 4. The molecule has 4 rings (SSSR count). The highest BCUT2D eigenvalue weighted by atomic mass is 16.2. The first-order valence-electron chi connectivity index (χ1n) is 12.9. The standard InChI is InChI=1S/C30H34N6O/c31-23-33-30(34-27-16-14-26(15-17-27)25-12-5-2-6-13-25)35-28(22-24-10-3-1-4-11-24)29(37)32-18-9-21-36-19-7-8-20-36/h1-6,10-17,28H,7-9,18-22H2,(H,32,37)(H2,33,34,35). The lowest BCUT2D eigenvalue weighted by Crippen LogP contribution is -2.39. The Bertz CT molecular complexity index is 1180. The highest BCUT2D eigenvalue weighted by Gasteiger charge is 2.20. The van der Waals surface area contributed by atoms with E-state index in [2.05, 4.69) is 38.0 Å². The summed E-state index contributed by atoms with van der Waals surface area (Å²) in [5, 5.41) is 18.2. The van der Waals surface area contributed by atoms with Gasteiger partial charge in [0.2, 0.25) is 11.9 Å². The third-order valence-corrected chi connectivity index (χ3v) is 6.44. The molecule has 0 aromatic heterocycles. The second-order valence-electron chi connectivity index (χ2n) is 9.18. The van der Waals surface area contributed by atoms with Crippen LogP contribution in [0, 0.1) is 11.5 Å². The molecule has 1 heterocycles. The zero-order valence-electron chi connectivity index (χ0n) is 21.1. The van der Waals surface area contributed by atoms with Gasteiger partial charge in [-0.2, -0.15) is 5.26 Å². The predicted octanol–water partition coefficient (Wildman–Crippen LogP) is 4.41. The molecular weight excluding hydrogens is 460 g/mol. The fraction of sp³-hybridized carbons (Fsp3) is 0.300. The van der Waals surface area contributed by atoms with Crippen molar-refractivity contribution in [1.82, 2.24) is 15.5 Å². The van der Waals surface area contributed by atoms with Crippen LogP contribution < -0.4 is 16.0 Å². The number of carbonyl (C=O) groups is 1. The third-order valence-electron chi connectivity index (χ3n) is 6.44. The van der Waals surface area contributed by atoms with Crippen LogP contribution in [0.1, 0.15) is 24.8 Å². The average Bonchev–Trinajstić information content (AvgIpc) is 3.46. The van der Waals surface area contributed by atoms with E-state index >= 15 is 0 Å². The summed E-state index contributed by atoms with van der Waals surface area (Å²) in [6.45, 7) is 3.90. The van der Waals surface area contributed by atoms with E-state index in [1.54, 1.807) is 0 Å². The molecule has 3 N–H and O–H groups in total. The van der Waals surface area contributed by atoms with Crippen LogP contribution in [0.3, 0.4) is 0 Å². The lowest BCUT2D eigenvalue weighted by atomic mass is 10.1. The van der Waals surface area contributed by atoms with Crippen LogP contribution in [0.15, 0.2) is 89.9 Å².